The molecule has 1 aromatic carbocycles. The molecule has 2 rings (SSSR count). The van der Waals surface area contributed by atoms with Gasteiger partial charge in [0.15, 0.2) is 0 Å². The number of urea groups is 1. The summed E-state index contributed by atoms with van der Waals surface area (Å²) in [5, 5.41) is 15.1. The van der Waals surface area contributed by atoms with Gasteiger partial charge in [-0.15, -0.1) is 0 Å². The summed E-state index contributed by atoms with van der Waals surface area (Å²) < 4.78 is 13.3. The number of hydrogen-bond acceptors (Lipinski definition) is 3. The first kappa shape index (κ1) is 16.2. The van der Waals surface area contributed by atoms with E-state index >= 15 is 0 Å². The monoisotopic (exact) mass is 323 g/mol. The lowest BCUT2D eigenvalue weighted by Crippen LogP contribution is -2.37. The van der Waals surface area contributed by atoms with Crippen LogP contribution in [0.25, 0.3) is 0 Å². The highest BCUT2D eigenvalue weighted by molar-refractivity contribution is 6.30. The van der Waals surface area contributed by atoms with Crippen LogP contribution in [0.3, 0.4) is 0 Å². The van der Waals surface area contributed by atoms with Crippen molar-refractivity contribution in [3.63, 3.8) is 0 Å². The van der Waals surface area contributed by atoms with E-state index in [1.807, 2.05) is 0 Å². The summed E-state index contributed by atoms with van der Waals surface area (Å²) in [5.74, 6) is -0.611. The maximum absolute atomic E-state index is 13.3. The van der Waals surface area contributed by atoms with Crippen LogP contribution in [0.4, 0.5) is 9.18 Å². The van der Waals surface area contributed by atoms with Crippen LogP contribution in [0.2, 0.25) is 5.02 Å². The lowest BCUT2D eigenvalue weighted by atomic mass is 10.1. The summed E-state index contributed by atoms with van der Waals surface area (Å²) in [6.45, 7) is 0.309. The van der Waals surface area contributed by atoms with E-state index in [4.69, 9.17) is 11.6 Å². The molecule has 0 unspecified atom stereocenters. The van der Waals surface area contributed by atoms with Crippen LogP contribution >= 0.6 is 11.6 Å². The number of pyridine rings is 1. The summed E-state index contributed by atoms with van der Waals surface area (Å²) in [6.07, 6.45) is 2.25. The fourth-order valence-corrected chi connectivity index (χ4v) is 1.89. The maximum atomic E-state index is 13.3. The number of hydrogen-bond donors (Lipinski definition) is 3. The van der Waals surface area contributed by atoms with Gasteiger partial charge in [-0.2, -0.15) is 0 Å². The minimum Gasteiger partial charge on any atom is -0.387 e. The second kappa shape index (κ2) is 7.72. The molecular weight excluding hydrogens is 309 g/mol. The molecule has 2 aromatic rings. The normalized spacial score (nSPS) is 11.8. The molecule has 0 bridgehead atoms. The molecule has 1 atom stereocenters. The lowest BCUT2D eigenvalue weighted by Gasteiger charge is -2.13. The Bertz CT molecular complexity index is 640. The third-order valence-corrected chi connectivity index (χ3v) is 3.29. The summed E-state index contributed by atoms with van der Waals surface area (Å²) >= 11 is 5.57. The Balaban J connectivity index is 1.79. The number of aliphatic hydroxyl groups is 1. The summed E-state index contributed by atoms with van der Waals surface area (Å²) in [4.78, 5) is 15.5. The number of nitrogens with zero attached hydrogens (tertiary/aromatic N) is 1. The van der Waals surface area contributed by atoms with E-state index in [9.17, 15) is 14.3 Å². The third kappa shape index (κ3) is 4.68. The minimum absolute atomic E-state index is 0.0148. The zero-order chi connectivity index (χ0) is 15.9. The third-order valence-electron chi connectivity index (χ3n) is 2.99. The fraction of sp³-hybridized carbons (Fsp3) is 0.200. The van der Waals surface area contributed by atoms with E-state index in [2.05, 4.69) is 15.6 Å². The van der Waals surface area contributed by atoms with Crippen molar-refractivity contribution in [1.29, 1.82) is 0 Å². The molecule has 0 fully saturated rings. The van der Waals surface area contributed by atoms with Crippen LogP contribution in [-0.4, -0.2) is 22.7 Å². The first-order valence-electron chi connectivity index (χ1n) is 6.60. The smallest absolute Gasteiger partial charge is 0.315 e. The van der Waals surface area contributed by atoms with Crippen molar-refractivity contribution in [3.8, 4) is 0 Å². The Hall–Kier alpha value is -2.18. The Morgan fingerprint density at radius 1 is 1.27 bits per heavy atom. The zero-order valence-corrected chi connectivity index (χ0v) is 12.3. The Morgan fingerprint density at radius 3 is 2.68 bits per heavy atom. The number of carbonyl (C=O) groups excluding carboxylic acids is 1. The number of aromatic nitrogens is 1. The van der Waals surface area contributed by atoms with Crippen LogP contribution in [0, 0.1) is 5.82 Å². The van der Waals surface area contributed by atoms with Crippen molar-refractivity contribution in [2.24, 2.45) is 0 Å². The van der Waals surface area contributed by atoms with Gasteiger partial charge >= 0.3 is 6.03 Å². The van der Waals surface area contributed by atoms with Crippen LogP contribution in [0.1, 0.15) is 17.2 Å². The zero-order valence-electron chi connectivity index (χ0n) is 11.6. The van der Waals surface area contributed by atoms with Crippen molar-refractivity contribution in [2.75, 3.05) is 6.54 Å². The largest absolute Gasteiger partial charge is 0.387 e. The number of rotatable bonds is 5. The summed E-state index contributed by atoms with van der Waals surface area (Å²) in [6, 6.07) is 7.15. The van der Waals surface area contributed by atoms with Crippen LogP contribution < -0.4 is 10.6 Å². The van der Waals surface area contributed by atoms with Crippen LogP contribution in [-0.2, 0) is 6.54 Å². The molecule has 22 heavy (non-hydrogen) atoms. The fourth-order valence-electron chi connectivity index (χ4n) is 1.77. The standard InChI is InChI=1S/C15H15ClFN3O2/c16-12-2-1-11(7-13(12)17)14(21)9-20-15(22)19-8-10-3-5-18-6-4-10/h1-7,14,21H,8-9H2,(H2,19,20,22)/t14-/m0/s1. The molecule has 116 valence electrons. The molecule has 0 radical (unpaired) electrons. The summed E-state index contributed by atoms with van der Waals surface area (Å²) in [5.41, 5.74) is 1.25. The molecule has 2 amide bonds. The van der Waals surface area contributed by atoms with Crippen molar-refractivity contribution < 1.29 is 14.3 Å². The number of benzene rings is 1. The average molecular weight is 324 g/mol. The molecule has 0 saturated heterocycles. The highest BCUT2D eigenvalue weighted by Crippen LogP contribution is 2.19. The van der Waals surface area contributed by atoms with E-state index in [1.165, 1.54) is 12.1 Å². The van der Waals surface area contributed by atoms with Crippen molar-refractivity contribution in [2.45, 2.75) is 12.6 Å². The van der Waals surface area contributed by atoms with E-state index in [-0.39, 0.29) is 11.6 Å². The van der Waals surface area contributed by atoms with Gasteiger partial charge < -0.3 is 15.7 Å². The molecule has 0 aliphatic heterocycles. The highest BCUT2D eigenvalue weighted by Gasteiger charge is 2.11. The molecule has 0 aliphatic rings. The van der Waals surface area contributed by atoms with Gasteiger partial charge in [-0.1, -0.05) is 17.7 Å². The molecule has 0 spiro atoms. The molecular formula is C15H15ClFN3O2. The van der Waals surface area contributed by atoms with E-state index < -0.39 is 18.0 Å². The predicted octanol–water partition coefficient (Wildman–Crippen LogP) is 2.41. The Morgan fingerprint density at radius 2 is 2.00 bits per heavy atom. The lowest BCUT2D eigenvalue weighted by molar-refractivity contribution is 0.172. The second-order valence-electron chi connectivity index (χ2n) is 4.61. The van der Waals surface area contributed by atoms with Crippen molar-refractivity contribution in [3.05, 3.63) is 64.7 Å². The van der Waals surface area contributed by atoms with Crippen LogP contribution in [0.5, 0.6) is 0 Å². The topological polar surface area (TPSA) is 74.2 Å². The SMILES string of the molecule is O=C(NCc1ccncc1)NC[C@H](O)c1ccc(Cl)c(F)c1. The van der Waals surface area contributed by atoms with E-state index in [1.54, 1.807) is 24.5 Å². The first-order valence-corrected chi connectivity index (χ1v) is 6.97. The summed E-state index contributed by atoms with van der Waals surface area (Å²) in [7, 11) is 0. The molecule has 3 N–H and O–H groups in total. The molecule has 0 saturated carbocycles. The maximum Gasteiger partial charge on any atom is 0.315 e. The second-order valence-corrected chi connectivity index (χ2v) is 5.02. The number of amides is 2. The van der Waals surface area contributed by atoms with Gasteiger partial charge in [0.05, 0.1) is 11.1 Å². The number of carbonyl (C=O) groups is 1. The van der Waals surface area contributed by atoms with Crippen molar-refractivity contribution >= 4 is 17.6 Å². The Labute approximate surface area is 132 Å². The predicted molar refractivity (Wildman–Crippen MR) is 80.8 cm³/mol. The van der Waals surface area contributed by atoms with Gasteiger partial charge in [0.1, 0.15) is 5.82 Å². The highest BCUT2D eigenvalue weighted by atomic mass is 35.5. The van der Waals surface area contributed by atoms with Gasteiger partial charge in [-0.05, 0) is 35.4 Å². The molecule has 5 nitrogen and oxygen atoms in total. The van der Waals surface area contributed by atoms with E-state index in [0.717, 1.165) is 11.6 Å². The van der Waals surface area contributed by atoms with Crippen LogP contribution in [0.15, 0.2) is 42.7 Å². The molecule has 0 aliphatic carbocycles. The van der Waals surface area contributed by atoms with Gasteiger partial charge in [-0.25, -0.2) is 9.18 Å². The van der Waals surface area contributed by atoms with Gasteiger partial charge in [0.25, 0.3) is 0 Å². The number of halogens is 2. The van der Waals surface area contributed by atoms with Gasteiger partial charge in [0, 0.05) is 25.5 Å². The molecule has 1 heterocycles. The van der Waals surface area contributed by atoms with Gasteiger partial charge in [0.2, 0.25) is 0 Å². The minimum atomic E-state index is -1.02. The number of aliphatic hydroxyl groups excluding tert-OH is 1. The molecule has 1 aromatic heterocycles. The first-order chi connectivity index (χ1) is 10.6. The van der Waals surface area contributed by atoms with E-state index in [0.29, 0.717) is 12.1 Å². The quantitative estimate of drug-likeness (QED) is 0.791. The Kier molecular flexibility index (Phi) is 5.68. The van der Waals surface area contributed by atoms with Gasteiger partial charge in [-0.3, -0.25) is 4.98 Å². The molecule has 7 heteroatoms. The number of nitrogens with one attached hydrogen (secondary N) is 2. The average Bonchev–Trinajstić information content (AvgIpc) is 2.54. The van der Waals surface area contributed by atoms with Crippen molar-refractivity contribution in [1.82, 2.24) is 15.6 Å².